The molecule has 0 saturated carbocycles. The number of aryl methyl sites for hydroxylation is 2. The quantitative estimate of drug-likeness (QED) is 0.878. The van der Waals surface area contributed by atoms with Gasteiger partial charge in [0.05, 0.1) is 0 Å². The van der Waals surface area contributed by atoms with Gasteiger partial charge in [-0.2, -0.15) is 0 Å². The maximum atomic E-state index is 5.56. The molecule has 0 fully saturated rings. The van der Waals surface area contributed by atoms with E-state index < -0.39 is 0 Å². The molecule has 0 radical (unpaired) electrons. The molecule has 1 aromatic heterocycles. The second-order valence-electron chi connectivity index (χ2n) is 4.09. The normalized spacial score (nSPS) is 10.8. The van der Waals surface area contributed by atoms with Crippen molar-refractivity contribution in [1.82, 2.24) is 4.98 Å². The summed E-state index contributed by atoms with van der Waals surface area (Å²) in [5, 5.41) is 0. The largest absolute Gasteiger partial charge is 0.445 e. The van der Waals surface area contributed by atoms with Crippen molar-refractivity contribution in [1.29, 1.82) is 0 Å². The molecule has 17 heavy (non-hydrogen) atoms. The van der Waals surface area contributed by atoms with Crippen LogP contribution in [0.2, 0.25) is 0 Å². The molecule has 2 N–H and O–H groups in total. The highest BCUT2D eigenvalue weighted by Crippen LogP contribution is 2.24. The maximum Gasteiger partial charge on any atom is 0.191 e. The minimum atomic E-state index is 0.683. The van der Waals surface area contributed by atoms with Crippen LogP contribution in [0.3, 0.4) is 0 Å². The number of hydrogen-bond acceptors (Lipinski definition) is 3. The summed E-state index contributed by atoms with van der Waals surface area (Å²) in [6.07, 6.45) is 1.78. The van der Waals surface area contributed by atoms with Gasteiger partial charge in [0.25, 0.3) is 0 Å². The lowest BCUT2D eigenvalue weighted by molar-refractivity contribution is 0.480. The predicted molar refractivity (Wildman–Crippen MR) is 68.8 cm³/mol. The number of rotatable bonds is 4. The van der Waals surface area contributed by atoms with Crippen molar-refractivity contribution in [3.05, 3.63) is 41.5 Å². The molecule has 0 saturated heterocycles. The number of benzene rings is 1. The summed E-state index contributed by atoms with van der Waals surface area (Å²) in [5.41, 5.74) is 8.86. The zero-order valence-corrected chi connectivity index (χ0v) is 10.4. The summed E-state index contributed by atoms with van der Waals surface area (Å²) >= 11 is 0. The fourth-order valence-electron chi connectivity index (χ4n) is 1.93. The third-order valence-electron chi connectivity index (χ3n) is 2.79. The average Bonchev–Trinajstić information content (AvgIpc) is 2.72. The summed E-state index contributed by atoms with van der Waals surface area (Å²) in [6.45, 7) is 4.64. The molecule has 0 bridgehead atoms. The van der Waals surface area contributed by atoms with E-state index in [0.717, 1.165) is 35.7 Å². The van der Waals surface area contributed by atoms with Crippen molar-refractivity contribution in [2.24, 2.45) is 5.73 Å². The molecule has 0 spiro atoms. The predicted octanol–water partition coefficient (Wildman–Crippen LogP) is 2.71. The van der Waals surface area contributed by atoms with E-state index in [1.165, 1.54) is 5.56 Å². The molecule has 0 amide bonds. The monoisotopic (exact) mass is 230 g/mol. The topological polar surface area (TPSA) is 52.0 Å². The van der Waals surface area contributed by atoms with Gasteiger partial charge in [-0.05, 0) is 18.5 Å². The Morgan fingerprint density at radius 1 is 1.24 bits per heavy atom. The highest BCUT2D eigenvalue weighted by Gasteiger charge is 2.10. The highest BCUT2D eigenvalue weighted by atomic mass is 16.4. The summed E-state index contributed by atoms with van der Waals surface area (Å²) in [4.78, 5) is 4.44. The van der Waals surface area contributed by atoms with E-state index in [9.17, 15) is 0 Å². The summed E-state index contributed by atoms with van der Waals surface area (Å²) in [5.74, 6) is 1.68. The lowest BCUT2D eigenvalue weighted by Crippen LogP contribution is -2.02. The van der Waals surface area contributed by atoms with Gasteiger partial charge >= 0.3 is 0 Å². The zero-order valence-electron chi connectivity index (χ0n) is 10.4. The molecule has 0 atom stereocenters. The Labute approximate surface area is 102 Å². The van der Waals surface area contributed by atoms with Crippen molar-refractivity contribution >= 4 is 0 Å². The van der Waals surface area contributed by atoms with Gasteiger partial charge in [-0.1, -0.05) is 31.2 Å². The van der Waals surface area contributed by atoms with E-state index >= 15 is 0 Å². The number of nitrogens with two attached hydrogens (primary N) is 1. The van der Waals surface area contributed by atoms with Gasteiger partial charge < -0.3 is 10.2 Å². The first-order chi connectivity index (χ1) is 8.24. The van der Waals surface area contributed by atoms with Gasteiger partial charge in [0.15, 0.2) is 5.89 Å². The maximum absolute atomic E-state index is 5.56. The van der Waals surface area contributed by atoms with E-state index in [4.69, 9.17) is 10.2 Å². The number of nitrogens with zero attached hydrogens (tertiary/aromatic N) is 1. The van der Waals surface area contributed by atoms with Gasteiger partial charge in [0, 0.05) is 18.9 Å². The van der Waals surface area contributed by atoms with Gasteiger partial charge in [0.2, 0.25) is 0 Å². The fourth-order valence-corrected chi connectivity index (χ4v) is 1.93. The van der Waals surface area contributed by atoms with E-state index in [-0.39, 0.29) is 0 Å². The van der Waals surface area contributed by atoms with Crippen molar-refractivity contribution < 1.29 is 4.42 Å². The second-order valence-corrected chi connectivity index (χ2v) is 4.09. The summed E-state index contributed by atoms with van der Waals surface area (Å²) < 4.78 is 5.56. The third-order valence-corrected chi connectivity index (χ3v) is 2.79. The molecule has 2 aromatic rings. The molecule has 90 valence electrons. The van der Waals surface area contributed by atoms with Crippen molar-refractivity contribution in [3.63, 3.8) is 0 Å². The molecule has 3 nitrogen and oxygen atoms in total. The third kappa shape index (κ3) is 2.56. The Bertz CT molecular complexity index is 485. The Balaban J connectivity index is 2.32. The average molecular weight is 230 g/mol. The van der Waals surface area contributed by atoms with Crippen LogP contribution in [-0.4, -0.2) is 11.5 Å². The standard InChI is InChI=1S/C14H18N2O/c1-3-13-14(16-10(2)17-13)12-6-4-11(5-7-12)8-9-15/h4-7H,3,8-9,15H2,1-2H3. The van der Waals surface area contributed by atoms with Crippen LogP contribution in [-0.2, 0) is 12.8 Å². The molecule has 0 unspecified atom stereocenters. The number of oxazole rings is 1. The highest BCUT2D eigenvalue weighted by molar-refractivity contribution is 5.61. The molecular formula is C14H18N2O. The number of hydrogen-bond donors (Lipinski definition) is 1. The van der Waals surface area contributed by atoms with Crippen LogP contribution >= 0.6 is 0 Å². The van der Waals surface area contributed by atoms with Crippen LogP contribution in [0.25, 0.3) is 11.3 Å². The summed E-state index contributed by atoms with van der Waals surface area (Å²) in [6, 6.07) is 8.38. The van der Waals surface area contributed by atoms with Crippen LogP contribution in [0, 0.1) is 6.92 Å². The van der Waals surface area contributed by atoms with Gasteiger partial charge in [0.1, 0.15) is 11.5 Å². The summed E-state index contributed by atoms with van der Waals surface area (Å²) in [7, 11) is 0. The van der Waals surface area contributed by atoms with Crippen LogP contribution in [0.4, 0.5) is 0 Å². The van der Waals surface area contributed by atoms with Gasteiger partial charge in [-0.3, -0.25) is 0 Å². The molecule has 3 heteroatoms. The van der Waals surface area contributed by atoms with Crippen LogP contribution in [0.15, 0.2) is 28.7 Å². The molecule has 1 aromatic carbocycles. The number of aromatic nitrogens is 1. The molecule has 0 aliphatic carbocycles. The van der Waals surface area contributed by atoms with Gasteiger partial charge in [-0.25, -0.2) is 4.98 Å². The lowest BCUT2D eigenvalue weighted by atomic mass is 10.1. The lowest BCUT2D eigenvalue weighted by Gasteiger charge is -2.02. The Hall–Kier alpha value is -1.61. The van der Waals surface area contributed by atoms with Crippen LogP contribution < -0.4 is 5.73 Å². The van der Waals surface area contributed by atoms with E-state index in [0.29, 0.717) is 6.54 Å². The Morgan fingerprint density at radius 3 is 2.53 bits per heavy atom. The molecule has 0 aliphatic rings. The van der Waals surface area contributed by atoms with Crippen LogP contribution in [0.5, 0.6) is 0 Å². The van der Waals surface area contributed by atoms with Crippen molar-refractivity contribution in [2.75, 3.05) is 6.54 Å². The van der Waals surface area contributed by atoms with Crippen molar-refractivity contribution in [3.8, 4) is 11.3 Å². The fraction of sp³-hybridized carbons (Fsp3) is 0.357. The first-order valence-corrected chi connectivity index (χ1v) is 6.00. The Morgan fingerprint density at radius 2 is 1.94 bits per heavy atom. The van der Waals surface area contributed by atoms with E-state index in [2.05, 4.69) is 36.2 Å². The minimum Gasteiger partial charge on any atom is -0.445 e. The SMILES string of the molecule is CCc1oc(C)nc1-c1ccc(CCN)cc1. The van der Waals surface area contributed by atoms with Crippen LogP contribution in [0.1, 0.15) is 24.1 Å². The zero-order chi connectivity index (χ0) is 12.3. The Kier molecular flexibility index (Phi) is 3.59. The molecule has 2 rings (SSSR count). The molecular weight excluding hydrogens is 212 g/mol. The van der Waals surface area contributed by atoms with Gasteiger partial charge in [-0.15, -0.1) is 0 Å². The molecule has 1 heterocycles. The van der Waals surface area contributed by atoms with E-state index in [1.807, 2.05) is 6.92 Å². The first-order valence-electron chi connectivity index (χ1n) is 6.00. The first kappa shape index (κ1) is 11.9. The minimum absolute atomic E-state index is 0.683. The molecule has 0 aliphatic heterocycles. The smallest absolute Gasteiger partial charge is 0.191 e. The van der Waals surface area contributed by atoms with E-state index in [1.54, 1.807) is 0 Å². The second kappa shape index (κ2) is 5.15. The van der Waals surface area contributed by atoms with Crippen molar-refractivity contribution in [2.45, 2.75) is 26.7 Å².